The van der Waals surface area contributed by atoms with Crippen LogP contribution >= 0.6 is 0 Å². The number of nitrogens with zero attached hydrogens (tertiary/aromatic N) is 2. The lowest BCUT2D eigenvalue weighted by Gasteiger charge is -2.07. The fourth-order valence-corrected chi connectivity index (χ4v) is 2.64. The van der Waals surface area contributed by atoms with Gasteiger partial charge in [-0.1, -0.05) is 18.2 Å². The molecule has 2 heterocycles. The van der Waals surface area contributed by atoms with Gasteiger partial charge in [-0.3, -0.25) is 14.6 Å². The van der Waals surface area contributed by atoms with E-state index in [0.717, 1.165) is 10.9 Å². The molecule has 0 aliphatic heterocycles. The van der Waals surface area contributed by atoms with Crippen LogP contribution in [0.2, 0.25) is 0 Å². The van der Waals surface area contributed by atoms with Crippen molar-refractivity contribution in [2.45, 2.75) is 6.92 Å². The Hall–Kier alpha value is -3.74. The quantitative estimate of drug-likeness (QED) is 0.543. The van der Waals surface area contributed by atoms with E-state index in [1.807, 2.05) is 24.3 Å². The highest BCUT2D eigenvalue weighted by Gasteiger charge is 2.15. The zero-order valence-electron chi connectivity index (χ0n) is 13.8. The zero-order valence-corrected chi connectivity index (χ0v) is 13.8. The van der Waals surface area contributed by atoms with Crippen LogP contribution in [-0.4, -0.2) is 21.8 Å². The van der Waals surface area contributed by atoms with E-state index in [9.17, 15) is 9.59 Å². The second-order valence-electron chi connectivity index (χ2n) is 5.74. The minimum atomic E-state index is -0.780. The smallest absolute Gasteiger partial charge is 0.314 e. The third-order valence-corrected chi connectivity index (χ3v) is 3.81. The Kier molecular flexibility index (Phi) is 3.81. The largest absolute Gasteiger partial charge is 0.441 e. The molecule has 0 radical (unpaired) electrons. The second kappa shape index (κ2) is 6.29. The lowest BCUT2D eigenvalue weighted by molar-refractivity contribution is -0.132. The molecule has 0 saturated heterocycles. The van der Waals surface area contributed by atoms with Crippen molar-refractivity contribution in [3.05, 3.63) is 60.6 Å². The van der Waals surface area contributed by atoms with Crippen LogP contribution in [0.5, 0.6) is 0 Å². The summed E-state index contributed by atoms with van der Waals surface area (Å²) in [5.74, 6) is -1.03. The van der Waals surface area contributed by atoms with Crippen LogP contribution in [0.15, 0.2) is 59.1 Å². The molecule has 2 aromatic carbocycles. The zero-order chi connectivity index (χ0) is 18.1. The van der Waals surface area contributed by atoms with Crippen LogP contribution in [0.3, 0.4) is 0 Å². The molecular formula is C19H14N4O3. The Morgan fingerprint density at radius 1 is 0.923 bits per heavy atom. The maximum Gasteiger partial charge on any atom is 0.314 e. The predicted octanol–water partition coefficient (Wildman–Crippen LogP) is 3.26. The fourth-order valence-electron chi connectivity index (χ4n) is 2.64. The molecular weight excluding hydrogens is 332 g/mol. The normalized spacial score (nSPS) is 10.8. The number of amides is 2. The van der Waals surface area contributed by atoms with Crippen LogP contribution in [0, 0.1) is 6.92 Å². The number of para-hydroxylation sites is 1. The molecule has 0 atom stereocenters. The number of pyridine rings is 1. The number of carbonyl (C=O) groups excluding carboxylic acids is 2. The maximum atomic E-state index is 12.1. The molecule has 0 fully saturated rings. The van der Waals surface area contributed by atoms with Gasteiger partial charge >= 0.3 is 11.8 Å². The van der Waals surface area contributed by atoms with Gasteiger partial charge in [0.2, 0.25) is 0 Å². The summed E-state index contributed by atoms with van der Waals surface area (Å²) >= 11 is 0. The van der Waals surface area contributed by atoms with Gasteiger partial charge in [-0.15, -0.1) is 0 Å². The molecule has 0 unspecified atom stereocenters. The summed E-state index contributed by atoms with van der Waals surface area (Å²) in [6.07, 6.45) is 1.51. The van der Waals surface area contributed by atoms with E-state index in [0.29, 0.717) is 28.4 Å². The molecule has 7 heteroatoms. The third-order valence-electron chi connectivity index (χ3n) is 3.81. The fraction of sp³-hybridized carbons (Fsp3) is 0.0526. The van der Waals surface area contributed by atoms with E-state index >= 15 is 0 Å². The van der Waals surface area contributed by atoms with Gasteiger partial charge in [-0.2, -0.15) is 0 Å². The average molecular weight is 346 g/mol. The van der Waals surface area contributed by atoms with Crippen molar-refractivity contribution in [1.29, 1.82) is 0 Å². The molecule has 2 aromatic heterocycles. The van der Waals surface area contributed by atoms with E-state index in [1.165, 1.54) is 6.20 Å². The first-order valence-electron chi connectivity index (χ1n) is 7.93. The Labute approximate surface area is 148 Å². The van der Waals surface area contributed by atoms with E-state index in [-0.39, 0.29) is 0 Å². The van der Waals surface area contributed by atoms with Gasteiger partial charge in [0.15, 0.2) is 11.5 Å². The molecule has 4 rings (SSSR count). The van der Waals surface area contributed by atoms with Gasteiger partial charge in [0.1, 0.15) is 5.52 Å². The van der Waals surface area contributed by atoms with Gasteiger partial charge in [-0.05, 0) is 30.3 Å². The Bertz CT molecular complexity index is 1150. The number of anilines is 2. The monoisotopic (exact) mass is 346 g/mol. The van der Waals surface area contributed by atoms with Crippen molar-refractivity contribution in [3.63, 3.8) is 0 Å². The van der Waals surface area contributed by atoms with Crippen LogP contribution in [0.1, 0.15) is 5.89 Å². The van der Waals surface area contributed by atoms with Crippen LogP contribution < -0.4 is 10.6 Å². The highest BCUT2D eigenvalue weighted by Crippen LogP contribution is 2.20. The molecule has 4 aromatic rings. The van der Waals surface area contributed by atoms with E-state index in [4.69, 9.17) is 4.42 Å². The molecule has 7 nitrogen and oxygen atoms in total. The summed E-state index contributed by atoms with van der Waals surface area (Å²) < 4.78 is 5.38. The van der Waals surface area contributed by atoms with E-state index in [2.05, 4.69) is 20.6 Å². The number of benzene rings is 2. The van der Waals surface area contributed by atoms with Crippen molar-refractivity contribution >= 4 is 45.2 Å². The summed E-state index contributed by atoms with van der Waals surface area (Å²) in [7, 11) is 0. The standard InChI is InChI=1S/C19H14N4O3/c1-11-21-16-9-13(6-7-17(16)26-11)22-18(24)19(25)23-14-8-12-4-2-3-5-15(12)20-10-14/h2-10H,1H3,(H,22,24)(H,23,25). The van der Waals surface area contributed by atoms with Gasteiger partial charge in [-0.25, -0.2) is 4.98 Å². The molecule has 0 spiro atoms. The third kappa shape index (κ3) is 3.10. The number of rotatable bonds is 2. The molecule has 2 N–H and O–H groups in total. The molecule has 0 aliphatic carbocycles. The summed E-state index contributed by atoms with van der Waals surface area (Å²) in [5, 5.41) is 5.97. The van der Waals surface area contributed by atoms with Crippen LogP contribution in [0.25, 0.3) is 22.0 Å². The lowest BCUT2D eigenvalue weighted by atomic mass is 10.2. The van der Waals surface area contributed by atoms with Gasteiger partial charge in [0, 0.05) is 18.0 Å². The molecule has 2 amide bonds. The highest BCUT2D eigenvalue weighted by atomic mass is 16.3. The number of aryl methyl sites for hydroxylation is 1. The number of oxazole rings is 1. The summed E-state index contributed by atoms with van der Waals surface area (Å²) in [6, 6.07) is 14.3. The van der Waals surface area contributed by atoms with Gasteiger partial charge in [0.05, 0.1) is 17.4 Å². The van der Waals surface area contributed by atoms with Crippen molar-refractivity contribution in [2.24, 2.45) is 0 Å². The highest BCUT2D eigenvalue weighted by molar-refractivity contribution is 6.43. The van der Waals surface area contributed by atoms with E-state index in [1.54, 1.807) is 31.2 Å². The number of hydrogen-bond donors (Lipinski definition) is 2. The number of carbonyl (C=O) groups is 2. The summed E-state index contributed by atoms with van der Waals surface area (Å²) in [6.45, 7) is 1.74. The predicted molar refractivity (Wildman–Crippen MR) is 97.7 cm³/mol. The van der Waals surface area contributed by atoms with Crippen molar-refractivity contribution < 1.29 is 14.0 Å². The van der Waals surface area contributed by atoms with Crippen molar-refractivity contribution in [1.82, 2.24) is 9.97 Å². The molecule has 0 aliphatic rings. The average Bonchev–Trinajstić information content (AvgIpc) is 3.01. The second-order valence-corrected chi connectivity index (χ2v) is 5.74. The minimum absolute atomic E-state index is 0.450. The van der Waals surface area contributed by atoms with Gasteiger partial charge in [0.25, 0.3) is 0 Å². The first kappa shape index (κ1) is 15.8. The lowest BCUT2D eigenvalue weighted by Crippen LogP contribution is -2.29. The van der Waals surface area contributed by atoms with E-state index < -0.39 is 11.8 Å². The first-order chi connectivity index (χ1) is 12.6. The molecule has 0 bridgehead atoms. The number of fused-ring (bicyclic) bond motifs is 2. The Balaban J connectivity index is 1.48. The van der Waals surface area contributed by atoms with Crippen molar-refractivity contribution in [2.75, 3.05) is 10.6 Å². The van der Waals surface area contributed by atoms with Crippen LogP contribution in [0.4, 0.5) is 11.4 Å². The Morgan fingerprint density at radius 2 is 1.69 bits per heavy atom. The van der Waals surface area contributed by atoms with Crippen molar-refractivity contribution in [3.8, 4) is 0 Å². The first-order valence-corrected chi connectivity index (χ1v) is 7.93. The number of aromatic nitrogens is 2. The summed E-state index contributed by atoms with van der Waals surface area (Å²) in [4.78, 5) is 32.7. The molecule has 26 heavy (non-hydrogen) atoms. The molecule has 128 valence electrons. The number of nitrogens with one attached hydrogen (secondary N) is 2. The minimum Gasteiger partial charge on any atom is -0.441 e. The maximum absolute atomic E-state index is 12.1. The topological polar surface area (TPSA) is 97.1 Å². The van der Waals surface area contributed by atoms with Gasteiger partial charge < -0.3 is 15.1 Å². The Morgan fingerprint density at radius 3 is 2.54 bits per heavy atom. The number of hydrogen-bond acceptors (Lipinski definition) is 5. The molecule has 0 saturated carbocycles. The summed E-state index contributed by atoms with van der Waals surface area (Å²) in [5.41, 5.74) is 2.95. The SMILES string of the molecule is Cc1nc2cc(NC(=O)C(=O)Nc3cnc4ccccc4c3)ccc2o1. The van der Waals surface area contributed by atoms with Crippen LogP contribution in [-0.2, 0) is 9.59 Å².